The fourth-order valence-corrected chi connectivity index (χ4v) is 11.2. The van der Waals surface area contributed by atoms with Gasteiger partial charge in [0.15, 0.2) is 0 Å². The average molecular weight is 878 g/mol. The molecule has 5 rings (SSSR count). The van der Waals surface area contributed by atoms with Crippen LogP contribution in [0.25, 0.3) is 0 Å². The van der Waals surface area contributed by atoms with E-state index in [9.17, 15) is 24.4 Å². The van der Waals surface area contributed by atoms with E-state index >= 15 is 0 Å². The molecule has 1 aromatic rings. The van der Waals surface area contributed by atoms with Crippen molar-refractivity contribution in [2.45, 2.75) is 231 Å². The van der Waals surface area contributed by atoms with Crippen molar-refractivity contribution in [2.24, 2.45) is 0 Å². The number of ether oxygens (including phenoxy) is 4. The molecular formula is C46H77N4O12+3. The number of rotatable bonds is 8. The lowest BCUT2D eigenvalue weighted by atomic mass is 9.80. The first-order chi connectivity index (χ1) is 27.9. The van der Waals surface area contributed by atoms with Gasteiger partial charge in [-0.2, -0.15) is 5.06 Å². The van der Waals surface area contributed by atoms with Crippen molar-refractivity contribution in [1.29, 1.82) is 0 Å². The number of piperidine rings is 4. The maximum absolute atomic E-state index is 14.6. The summed E-state index contributed by atoms with van der Waals surface area (Å²) in [7, 11) is 0. The van der Waals surface area contributed by atoms with E-state index in [0.717, 1.165) is 0 Å². The maximum Gasteiger partial charge on any atom is 0.339 e. The number of hydroxylamine groups is 8. The molecule has 16 heteroatoms. The Balaban J connectivity index is 1.63. The number of hydrogen-bond donors (Lipinski definition) is 1. The van der Waals surface area contributed by atoms with Gasteiger partial charge in [-0.15, -0.1) is 0 Å². The van der Waals surface area contributed by atoms with Gasteiger partial charge in [0, 0.05) is 62.4 Å². The Labute approximate surface area is 367 Å². The van der Waals surface area contributed by atoms with Gasteiger partial charge >= 0.3 is 23.9 Å². The normalized spacial score (nSPS) is 26.6. The van der Waals surface area contributed by atoms with E-state index in [2.05, 4.69) is 0 Å². The van der Waals surface area contributed by atoms with E-state index in [-0.39, 0.29) is 35.1 Å². The number of esters is 4. The molecule has 1 aromatic carbocycles. The first-order valence-electron chi connectivity index (χ1n) is 22.0. The summed E-state index contributed by atoms with van der Waals surface area (Å²) in [4.78, 5) is 58.3. The van der Waals surface area contributed by atoms with Gasteiger partial charge in [-0.25, -0.2) is 19.2 Å². The Morgan fingerprint density at radius 1 is 0.403 bits per heavy atom. The quantitative estimate of drug-likeness (QED) is 0.189. The van der Waals surface area contributed by atoms with Crippen molar-refractivity contribution < 1.29 is 59.0 Å². The van der Waals surface area contributed by atoms with Crippen LogP contribution in [-0.4, -0.2) is 134 Å². The summed E-state index contributed by atoms with van der Waals surface area (Å²) in [6, 6.07) is 2.35. The zero-order valence-electron chi connectivity index (χ0n) is 40.1. The molecule has 0 saturated carbocycles. The highest BCUT2D eigenvalue weighted by Crippen LogP contribution is 2.43. The van der Waals surface area contributed by atoms with E-state index in [1.807, 2.05) is 111 Å². The third-order valence-corrected chi connectivity index (χ3v) is 13.7. The van der Waals surface area contributed by atoms with Crippen LogP contribution in [-0.2, 0) is 18.9 Å². The van der Waals surface area contributed by atoms with Crippen LogP contribution >= 0.6 is 0 Å². The summed E-state index contributed by atoms with van der Waals surface area (Å²) in [5, 5.41) is 43.0. The van der Waals surface area contributed by atoms with Crippen molar-refractivity contribution in [3.8, 4) is 0 Å². The number of hydrogen-bond acceptors (Lipinski definition) is 13. The molecule has 4 aliphatic rings. The molecule has 0 spiro atoms. The third kappa shape index (κ3) is 10.0. The van der Waals surface area contributed by atoms with E-state index in [1.165, 1.54) is 32.4 Å². The van der Waals surface area contributed by atoms with Crippen LogP contribution in [0.4, 0.5) is 0 Å². The molecule has 16 nitrogen and oxygen atoms in total. The highest BCUT2D eigenvalue weighted by atomic mass is 16.6. The predicted octanol–water partition coefficient (Wildman–Crippen LogP) is 5.71. The van der Waals surface area contributed by atoms with Crippen molar-refractivity contribution in [2.75, 3.05) is 0 Å². The average Bonchev–Trinajstić information content (AvgIpc) is 3.09. The second-order valence-corrected chi connectivity index (χ2v) is 23.5. The number of carbonyl (C=O) groups is 4. The Morgan fingerprint density at radius 3 is 0.742 bits per heavy atom. The summed E-state index contributed by atoms with van der Waals surface area (Å²) < 4.78 is 24.7. The lowest BCUT2D eigenvalue weighted by molar-refractivity contribution is -0.257. The number of carbonyl (C=O) groups excluding carboxylic acids is 4. The molecule has 4 fully saturated rings. The fourth-order valence-electron chi connectivity index (χ4n) is 11.2. The number of nitrogens with zero attached hydrogens (tertiary/aromatic N) is 4. The summed E-state index contributed by atoms with van der Waals surface area (Å²) in [6.45, 7) is 30.1. The third-order valence-electron chi connectivity index (χ3n) is 13.7. The van der Waals surface area contributed by atoms with Crippen molar-refractivity contribution in [3.05, 3.63) is 34.4 Å². The molecule has 62 heavy (non-hydrogen) atoms. The Morgan fingerprint density at radius 2 is 0.565 bits per heavy atom. The molecule has 0 aromatic heterocycles. The van der Waals surface area contributed by atoms with Gasteiger partial charge in [0.05, 0.1) is 55.5 Å². The second-order valence-electron chi connectivity index (χ2n) is 23.5. The van der Waals surface area contributed by atoms with Crippen LogP contribution in [0.1, 0.15) is 204 Å². The smallest absolute Gasteiger partial charge is 0.339 e. The molecule has 350 valence electrons. The molecule has 0 unspecified atom stereocenters. The molecule has 7 N–H and O–H groups in total. The lowest BCUT2D eigenvalue weighted by Crippen LogP contribution is -2.61. The molecular weight excluding hydrogens is 801 g/mol. The molecule has 4 heterocycles. The largest absolute Gasteiger partial charge is 0.459 e. The first kappa shape index (κ1) is 49.8. The minimum atomic E-state index is -0.924. The van der Waals surface area contributed by atoms with Gasteiger partial charge < -0.3 is 39.8 Å². The monoisotopic (exact) mass is 878 g/mol. The van der Waals surface area contributed by atoms with E-state index in [4.69, 9.17) is 34.6 Å². The van der Waals surface area contributed by atoms with Crippen molar-refractivity contribution in [1.82, 2.24) is 20.3 Å². The predicted molar refractivity (Wildman–Crippen MR) is 233 cm³/mol. The zero-order chi connectivity index (χ0) is 47.1. The zero-order valence-corrected chi connectivity index (χ0v) is 40.1. The Kier molecular flexibility index (Phi) is 13.1. The van der Waals surface area contributed by atoms with Gasteiger partial charge in [-0.1, -0.05) is 15.2 Å². The highest BCUT2D eigenvalue weighted by Gasteiger charge is 2.53. The molecule has 4 aliphatic heterocycles. The number of benzene rings is 1. The molecule has 0 radical (unpaired) electrons. The fraction of sp³-hybridized carbons (Fsp3) is 0.783. The molecule has 0 atom stereocenters. The Bertz CT molecular complexity index is 1580. The summed E-state index contributed by atoms with van der Waals surface area (Å²) in [5.74, 6) is -3.66. The van der Waals surface area contributed by atoms with Gasteiger partial charge in [0.25, 0.3) is 0 Å². The minimum Gasteiger partial charge on any atom is -0.459 e. The van der Waals surface area contributed by atoms with Gasteiger partial charge in [0.2, 0.25) is 0 Å². The lowest BCUT2D eigenvalue weighted by Gasteiger charge is -2.50. The van der Waals surface area contributed by atoms with E-state index in [0.29, 0.717) is 38.5 Å². The van der Waals surface area contributed by atoms with Crippen LogP contribution in [0.5, 0.6) is 0 Å². The molecule has 4 saturated heterocycles. The SMILES string of the molecule is CC1(C)CC(OC(=O)c2cc(C(=O)OC3CC(C)(C)N([OH2+])C(C)(C)C3)c(C(=O)OC3CC(C)(C)N([OH2+])C(C)(C)C3)cc2C(=O)OC2CC(C)(C)N([OH2+])C(C)(C)C2)CC(C)(C)N1O. The first-order valence-corrected chi connectivity index (χ1v) is 22.0. The summed E-state index contributed by atoms with van der Waals surface area (Å²) in [6.07, 6.45) is -0.250. The van der Waals surface area contributed by atoms with Crippen molar-refractivity contribution >= 4 is 23.9 Å². The maximum atomic E-state index is 14.6. The van der Waals surface area contributed by atoms with Gasteiger partial charge in [-0.05, 0) is 123 Å². The summed E-state index contributed by atoms with van der Waals surface area (Å²) in [5.41, 5.74) is -6.79. The minimum absolute atomic E-state index is 0.262. The standard InChI is InChI=1S/C46H74N4O12/c1-39(2)19-27(20-40(3,4)47(39)55)59-35(51)31-17-33(37(53)61-29-23-43(9,10)49(57)44(11,12)24-29)34(38(54)62-30-25-45(13,14)50(58)46(15,16)26-30)18-32(31)36(52)60-28-21-41(5,6)48(56)42(7,8)22-28/h17-18,27-30,55-58H,19-26H2,1-16H3/p+3. The van der Waals surface area contributed by atoms with Crippen molar-refractivity contribution in [3.63, 3.8) is 0 Å². The molecule has 0 aliphatic carbocycles. The van der Waals surface area contributed by atoms with Gasteiger partial charge in [0.1, 0.15) is 24.4 Å². The van der Waals surface area contributed by atoms with E-state index in [1.54, 1.807) is 0 Å². The van der Waals surface area contributed by atoms with Crippen LogP contribution in [0.15, 0.2) is 12.1 Å². The highest BCUT2D eigenvalue weighted by molar-refractivity contribution is 6.10. The van der Waals surface area contributed by atoms with Crippen LogP contribution < -0.4 is 0 Å². The molecule has 0 bridgehead atoms. The second kappa shape index (κ2) is 16.3. The van der Waals surface area contributed by atoms with Crippen LogP contribution in [0, 0.1) is 0 Å². The summed E-state index contributed by atoms with van der Waals surface area (Å²) >= 11 is 0. The van der Waals surface area contributed by atoms with E-state index < -0.39 is 92.6 Å². The van der Waals surface area contributed by atoms with Gasteiger partial charge in [-0.3, -0.25) is 0 Å². The van der Waals surface area contributed by atoms with Crippen LogP contribution in [0.2, 0.25) is 0 Å². The molecule has 0 amide bonds. The van der Waals surface area contributed by atoms with Crippen LogP contribution in [0.3, 0.4) is 0 Å². The topological polar surface area (TPSA) is 207 Å². The Hall–Kier alpha value is -3.22.